The Labute approximate surface area is 109 Å². The molecule has 0 amide bonds. The minimum atomic E-state index is -0.691. The summed E-state index contributed by atoms with van der Waals surface area (Å²) in [6.45, 7) is 1.09. The number of nitro groups is 1. The Morgan fingerprint density at radius 2 is 2.33 bits per heavy atom. The second-order valence-electron chi connectivity index (χ2n) is 3.50. The van der Waals surface area contributed by atoms with Gasteiger partial charge in [0.05, 0.1) is 4.92 Å². The molecular weight excluding hydrogens is 260 g/mol. The summed E-state index contributed by atoms with van der Waals surface area (Å²) in [5, 5.41) is 20.5. The summed E-state index contributed by atoms with van der Waals surface area (Å²) in [6, 6.07) is 2.52. The number of aromatic hydroxyl groups is 1. The Morgan fingerprint density at radius 1 is 1.61 bits per heavy atom. The Kier molecular flexibility index (Phi) is 5.54. The van der Waals surface area contributed by atoms with E-state index in [9.17, 15) is 15.2 Å². The van der Waals surface area contributed by atoms with Crippen molar-refractivity contribution in [3.8, 4) is 5.75 Å². The van der Waals surface area contributed by atoms with Gasteiger partial charge in [0.2, 0.25) is 5.75 Å². The number of methoxy groups -OCH3 is 1. The molecule has 6 nitrogen and oxygen atoms in total. The monoisotopic (exact) mass is 272 g/mol. The molecule has 0 saturated heterocycles. The van der Waals surface area contributed by atoms with Gasteiger partial charge in [0.25, 0.3) is 0 Å². The van der Waals surface area contributed by atoms with Gasteiger partial charge in [0.1, 0.15) is 0 Å². The zero-order valence-corrected chi connectivity index (χ0v) is 10.6. The molecule has 0 aliphatic rings. The van der Waals surface area contributed by atoms with Gasteiger partial charge in [-0.2, -0.15) is 0 Å². The Morgan fingerprint density at radius 3 is 2.94 bits per heavy atom. The summed E-state index contributed by atoms with van der Waals surface area (Å²) in [4.78, 5) is 14.0. The molecular formula is C11H13ClN2O4. The van der Waals surface area contributed by atoms with E-state index in [1.165, 1.54) is 12.3 Å². The van der Waals surface area contributed by atoms with Gasteiger partial charge in [-0.1, -0.05) is 11.6 Å². The second-order valence-corrected chi connectivity index (χ2v) is 3.94. The molecule has 0 atom stereocenters. The molecule has 1 aromatic carbocycles. The van der Waals surface area contributed by atoms with Crippen molar-refractivity contribution in [3.63, 3.8) is 0 Å². The van der Waals surface area contributed by atoms with Crippen LogP contribution in [0.1, 0.15) is 12.0 Å². The Balaban J connectivity index is 2.85. The fourth-order valence-corrected chi connectivity index (χ4v) is 1.53. The van der Waals surface area contributed by atoms with Crippen LogP contribution in [0.2, 0.25) is 5.02 Å². The molecule has 98 valence electrons. The number of nitrogens with zero attached hydrogens (tertiary/aromatic N) is 2. The molecule has 1 N–H and O–H groups in total. The van der Waals surface area contributed by atoms with Gasteiger partial charge in [-0.3, -0.25) is 15.1 Å². The molecule has 0 aliphatic heterocycles. The summed E-state index contributed by atoms with van der Waals surface area (Å²) < 4.78 is 4.85. The van der Waals surface area contributed by atoms with E-state index in [1.807, 2.05) is 0 Å². The molecule has 0 aliphatic carbocycles. The largest absolute Gasteiger partial charge is 0.502 e. The van der Waals surface area contributed by atoms with Crippen LogP contribution in [0.5, 0.6) is 5.75 Å². The molecule has 7 heteroatoms. The Hall–Kier alpha value is -1.66. The van der Waals surface area contributed by atoms with Crippen LogP contribution in [0, 0.1) is 10.1 Å². The molecule has 0 bridgehead atoms. The van der Waals surface area contributed by atoms with Gasteiger partial charge in [0.15, 0.2) is 0 Å². The summed E-state index contributed by atoms with van der Waals surface area (Å²) in [7, 11) is 1.59. The molecule has 0 aromatic heterocycles. The number of phenols is 1. The normalized spacial score (nSPS) is 11.0. The lowest BCUT2D eigenvalue weighted by Crippen LogP contribution is -1.94. The van der Waals surface area contributed by atoms with Crippen LogP contribution >= 0.6 is 11.6 Å². The molecule has 0 heterocycles. The third-order valence-corrected chi connectivity index (χ3v) is 2.37. The standard InChI is InChI=1S/C11H13ClN2O4/c1-18-4-2-3-13-7-8-5-9(12)6-10(11(8)15)14(16)17/h5-7,15H,2-4H2,1H3. The van der Waals surface area contributed by atoms with Gasteiger partial charge in [0, 0.05) is 43.1 Å². The van der Waals surface area contributed by atoms with Gasteiger partial charge < -0.3 is 9.84 Å². The minimum absolute atomic E-state index is 0.179. The average Bonchev–Trinajstić information content (AvgIpc) is 2.32. The number of phenolic OH excluding ortho intramolecular Hbond substituents is 1. The van der Waals surface area contributed by atoms with Crippen molar-refractivity contribution in [3.05, 3.63) is 32.8 Å². The topological polar surface area (TPSA) is 85.0 Å². The van der Waals surface area contributed by atoms with Gasteiger partial charge in [-0.25, -0.2) is 0 Å². The summed E-state index contributed by atoms with van der Waals surface area (Å²) >= 11 is 5.73. The van der Waals surface area contributed by atoms with Crippen molar-refractivity contribution in [2.45, 2.75) is 6.42 Å². The van der Waals surface area contributed by atoms with E-state index in [1.54, 1.807) is 7.11 Å². The predicted octanol–water partition coefficient (Wildman–Crippen LogP) is 2.41. The van der Waals surface area contributed by atoms with E-state index in [0.717, 1.165) is 12.5 Å². The minimum Gasteiger partial charge on any atom is -0.502 e. The summed E-state index contributed by atoms with van der Waals surface area (Å²) in [5.74, 6) is -0.431. The number of rotatable bonds is 6. The van der Waals surface area contributed by atoms with Gasteiger partial charge >= 0.3 is 5.69 Å². The molecule has 1 aromatic rings. The van der Waals surface area contributed by atoms with Crippen LogP contribution in [-0.2, 0) is 4.74 Å². The molecule has 0 unspecified atom stereocenters. The molecule has 1 rings (SSSR count). The van der Waals surface area contributed by atoms with Gasteiger partial charge in [-0.05, 0) is 12.5 Å². The predicted molar refractivity (Wildman–Crippen MR) is 68.7 cm³/mol. The first-order valence-electron chi connectivity index (χ1n) is 5.22. The first-order chi connectivity index (χ1) is 8.56. The maximum Gasteiger partial charge on any atom is 0.312 e. The van der Waals surface area contributed by atoms with E-state index >= 15 is 0 Å². The summed E-state index contributed by atoms with van der Waals surface area (Å²) in [6.07, 6.45) is 2.10. The van der Waals surface area contributed by atoms with Crippen LogP contribution in [0.4, 0.5) is 5.69 Å². The number of nitro benzene ring substituents is 1. The highest BCUT2D eigenvalue weighted by molar-refractivity contribution is 6.31. The lowest BCUT2D eigenvalue weighted by Gasteiger charge is -2.01. The zero-order chi connectivity index (χ0) is 13.5. The number of hydrogen-bond donors (Lipinski definition) is 1. The third kappa shape index (κ3) is 3.97. The molecule has 0 fully saturated rings. The third-order valence-electron chi connectivity index (χ3n) is 2.15. The first kappa shape index (κ1) is 14.4. The number of halogens is 1. The molecule has 18 heavy (non-hydrogen) atoms. The quantitative estimate of drug-likeness (QED) is 0.373. The van der Waals surface area contributed by atoms with Crippen molar-refractivity contribution >= 4 is 23.5 Å². The van der Waals surface area contributed by atoms with E-state index in [2.05, 4.69) is 4.99 Å². The lowest BCUT2D eigenvalue weighted by atomic mass is 10.2. The van der Waals surface area contributed by atoms with Crippen LogP contribution in [0.3, 0.4) is 0 Å². The van der Waals surface area contributed by atoms with E-state index in [4.69, 9.17) is 16.3 Å². The second kappa shape index (κ2) is 6.93. The van der Waals surface area contributed by atoms with Crippen molar-refractivity contribution in [2.24, 2.45) is 4.99 Å². The smallest absolute Gasteiger partial charge is 0.312 e. The van der Waals surface area contributed by atoms with Crippen molar-refractivity contribution < 1.29 is 14.8 Å². The fraction of sp³-hybridized carbons (Fsp3) is 0.364. The SMILES string of the molecule is COCCCN=Cc1cc(Cl)cc([N+](=O)[O-])c1O. The number of ether oxygens (including phenoxy) is 1. The van der Waals surface area contributed by atoms with Gasteiger partial charge in [-0.15, -0.1) is 0 Å². The highest BCUT2D eigenvalue weighted by Gasteiger charge is 2.17. The molecule has 0 spiro atoms. The van der Waals surface area contributed by atoms with Crippen LogP contribution in [0.25, 0.3) is 0 Å². The van der Waals surface area contributed by atoms with Crippen molar-refractivity contribution in [2.75, 3.05) is 20.3 Å². The highest BCUT2D eigenvalue weighted by atomic mass is 35.5. The van der Waals surface area contributed by atoms with Crippen LogP contribution in [-0.4, -0.2) is 36.5 Å². The first-order valence-corrected chi connectivity index (χ1v) is 5.59. The van der Waals surface area contributed by atoms with Crippen LogP contribution in [0.15, 0.2) is 17.1 Å². The molecule has 0 saturated carbocycles. The van der Waals surface area contributed by atoms with E-state index < -0.39 is 16.4 Å². The average molecular weight is 273 g/mol. The van der Waals surface area contributed by atoms with E-state index in [-0.39, 0.29) is 10.6 Å². The zero-order valence-electron chi connectivity index (χ0n) is 9.80. The van der Waals surface area contributed by atoms with Crippen LogP contribution < -0.4 is 0 Å². The highest BCUT2D eigenvalue weighted by Crippen LogP contribution is 2.32. The maximum atomic E-state index is 10.7. The van der Waals surface area contributed by atoms with Crippen molar-refractivity contribution in [1.82, 2.24) is 0 Å². The fourth-order valence-electron chi connectivity index (χ4n) is 1.31. The van der Waals surface area contributed by atoms with E-state index in [0.29, 0.717) is 13.2 Å². The number of aliphatic imine (C=N–C) groups is 1. The maximum absolute atomic E-state index is 10.7. The Bertz CT molecular complexity index is 463. The van der Waals surface area contributed by atoms with Crippen molar-refractivity contribution in [1.29, 1.82) is 0 Å². The number of benzene rings is 1. The molecule has 0 radical (unpaired) electrons. The lowest BCUT2D eigenvalue weighted by molar-refractivity contribution is -0.385. The number of hydrogen-bond acceptors (Lipinski definition) is 5. The summed E-state index contributed by atoms with van der Waals surface area (Å²) in [5.41, 5.74) is -0.201.